The van der Waals surface area contributed by atoms with Gasteiger partial charge in [0.2, 0.25) is 5.91 Å². The molecule has 0 aliphatic carbocycles. The third-order valence-electron chi connectivity index (χ3n) is 4.56. The summed E-state index contributed by atoms with van der Waals surface area (Å²) in [6.45, 7) is 2.83. The fourth-order valence-electron chi connectivity index (χ4n) is 3.14. The van der Waals surface area contributed by atoms with Gasteiger partial charge in [-0.1, -0.05) is 0 Å². The van der Waals surface area contributed by atoms with Crippen molar-refractivity contribution in [2.24, 2.45) is 18.0 Å². The van der Waals surface area contributed by atoms with E-state index in [9.17, 15) is 4.79 Å². The minimum atomic E-state index is 0.145. The lowest BCUT2D eigenvalue weighted by Crippen LogP contribution is -2.46. The summed E-state index contributed by atoms with van der Waals surface area (Å²) in [5.74, 6) is 1.61. The van der Waals surface area contributed by atoms with Gasteiger partial charge in [0, 0.05) is 53.4 Å². The first-order valence-corrected chi connectivity index (χ1v) is 8.76. The van der Waals surface area contributed by atoms with E-state index in [1.807, 2.05) is 25.0 Å². The molecule has 0 saturated carbocycles. The van der Waals surface area contributed by atoms with Crippen LogP contribution in [0.3, 0.4) is 0 Å². The van der Waals surface area contributed by atoms with Crippen molar-refractivity contribution in [1.29, 1.82) is 0 Å². The van der Waals surface area contributed by atoms with Crippen LogP contribution in [0.2, 0.25) is 0 Å². The van der Waals surface area contributed by atoms with E-state index in [-0.39, 0.29) is 5.91 Å². The summed E-state index contributed by atoms with van der Waals surface area (Å²) >= 11 is 0. The Morgan fingerprint density at radius 3 is 2.75 bits per heavy atom. The number of guanidine groups is 1. The van der Waals surface area contributed by atoms with Crippen LogP contribution in [0, 0.1) is 5.92 Å². The number of aromatic nitrogens is 2. The van der Waals surface area contributed by atoms with Gasteiger partial charge in [0.05, 0.1) is 6.20 Å². The van der Waals surface area contributed by atoms with Gasteiger partial charge in [-0.05, 0) is 37.2 Å². The van der Waals surface area contributed by atoms with E-state index in [1.165, 1.54) is 5.56 Å². The third kappa shape index (κ3) is 5.54. The molecule has 1 aromatic heterocycles. The number of rotatable bonds is 6. The SMILES string of the molecule is CN=C(NCCCc1cnn(C)c1)N1CCC(CC(=O)NC)CC1. The zero-order chi connectivity index (χ0) is 17.4. The lowest BCUT2D eigenvalue weighted by molar-refractivity contribution is -0.121. The first kappa shape index (κ1) is 18.3. The molecule has 1 amide bonds. The Kier molecular flexibility index (Phi) is 7.08. The Balaban J connectivity index is 1.68. The highest BCUT2D eigenvalue weighted by atomic mass is 16.1. The number of piperidine rings is 1. The number of carbonyl (C=O) groups is 1. The second kappa shape index (κ2) is 9.30. The number of likely N-dealkylation sites (tertiary alicyclic amines) is 1. The van der Waals surface area contributed by atoms with Crippen molar-refractivity contribution in [3.8, 4) is 0 Å². The largest absolute Gasteiger partial charge is 0.359 e. The van der Waals surface area contributed by atoms with Crippen molar-refractivity contribution in [3.63, 3.8) is 0 Å². The van der Waals surface area contributed by atoms with Gasteiger partial charge in [-0.3, -0.25) is 14.5 Å². The Morgan fingerprint density at radius 1 is 1.42 bits per heavy atom. The van der Waals surface area contributed by atoms with E-state index in [4.69, 9.17) is 0 Å². The molecule has 134 valence electrons. The molecule has 1 saturated heterocycles. The predicted molar refractivity (Wildman–Crippen MR) is 95.9 cm³/mol. The summed E-state index contributed by atoms with van der Waals surface area (Å²) in [5, 5.41) is 10.4. The summed E-state index contributed by atoms with van der Waals surface area (Å²) in [4.78, 5) is 18.2. The molecule has 0 bridgehead atoms. The molecule has 0 spiro atoms. The first-order chi connectivity index (χ1) is 11.6. The molecule has 1 aromatic rings. The number of aryl methyl sites for hydroxylation is 2. The van der Waals surface area contributed by atoms with Gasteiger partial charge in [0.1, 0.15) is 0 Å². The summed E-state index contributed by atoms with van der Waals surface area (Å²) in [6, 6.07) is 0. The van der Waals surface area contributed by atoms with Crippen molar-refractivity contribution in [2.75, 3.05) is 33.7 Å². The van der Waals surface area contributed by atoms with E-state index >= 15 is 0 Å². The molecule has 2 rings (SSSR count). The normalized spacial score (nSPS) is 16.3. The maximum absolute atomic E-state index is 11.5. The number of hydrogen-bond acceptors (Lipinski definition) is 3. The van der Waals surface area contributed by atoms with Crippen molar-refractivity contribution < 1.29 is 4.79 Å². The Bertz CT molecular complexity index is 545. The standard InChI is InChI=1S/C17H30N6O/c1-18-16(24)11-14-6-9-23(10-7-14)17(19-2)20-8-4-5-15-12-21-22(3)13-15/h12-14H,4-11H2,1-3H3,(H,18,24)(H,19,20). The van der Waals surface area contributed by atoms with Gasteiger partial charge in [-0.2, -0.15) is 5.10 Å². The van der Waals surface area contributed by atoms with Gasteiger partial charge in [-0.15, -0.1) is 0 Å². The number of carbonyl (C=O) groups excluding carboxylic acids is 1. The van der Waals surface area contributed by atoms with Crippen LogP contribution < -0.4 is 10.6 Å². The van der Waals surface area contributed by atoms with Gasteiger partial charge < -0.3 is 15.5 Å². The fourth-order valence-corrected chi connectivity index (χ4v) is 3.14. The van der Waals surface area contributed by atoms with Gasteiger partial charge >= 0.3 is 0 Å². The Hall–Kier alpha value is -2.05. The highest BCUT2D eigenvalue weighted by molar-refractivity contribution is 5.80. The van der Waals surface area contributed by atoms with Crippen molar-refractivity contribution in [3.05, 3.63) is 18.0 Å². The molecule has 2 heterocycles. The second-order valence-corrected chi connectivity index (χ2v) is 6.41. The Morgan fingerprint density at radius 2 is 2.17 bits per heavy atom. The van der Waals surface area contributed by atoms with Crippen LogP contribution in [0.15, 0.2) is 17.4 Å². The molecule has 2 N–H and O–H groups in total. The predicted octanol–water partition coefficient (Wildman–Crippen LogP) is 0.776. The van der Waals surface area contributed by atoms with Gasteiger partial charge in [0.15, 0.2) is 5.96 Å². The molecule has 0 unspecified atom stereocenters. The topological polar surface area (TPSA) is 74.5 Å². The average molecular weight is 334 g/mol. The highest BCUT2D eigenvalue weighted by Gasteiger charge is 2.22. The van der Waals surface area contributed by atoms with Crippen LogP contribution in [0.4, 0.5) is 0 Å². The van der Waals surface area contributed by atoms with Crippen LogP contribution in [0.25, 0.3) is 0 Å². The lowest BCUT2D eigenvalue weighted by atomic mass is 9.93. The summed E-state index contributed by atoms with van der Waals surface area (Å²) in [7, 11) is 5.48. The number of nitrogens with zero attached hydrogens (tertiary/aromatic N) is 4. The van der Waals surface area contributed by atoms with Gasteiger partial charge in [-0.25, -0.2) is 0 Å². The summed E-state index contributed by atoms with van der Waals surface area (Å²) in [6.07, 6.45) is 8.79. The minimum absolute atomic E-state index is 0.145. The highest BCUT2D eigenvalue weighted by Crippen LogP contribution is 2.20. The second-order valence-electron chi connectivity index (χ2n) is 6.41. The van der Waals surface area contributed by atoms with E-state index in [2.05, 4.69) is 31.8 Å². The molecule has 1 aliphatic rings. The zero-order valence-corrected chi connectivity index (χ0v) is 15.1. The van der Waals surface area contributed by atoms with Crippen LogP contribution in [0.5, 0.6) is 0 Å². The van der Waals surface area contributed by atoms with E-state index in [0.29, 0.717) is 12.3 Å². The molecular weight excluding hydrogens is 304 g/mol. The third-order valence-corrected chi connectivity index (χ3v) is 4.56. The monoisotopic (exact) mass is 334 g/mol. The Labute approximate surface area is 144 Å². The molecule has 7 heteroatoms. The maximum atomic E-state index is 11.5. The molecule has 0 aromatic carbocycles. The van der Waals surface area contributed by atoms with Crippen LogP contribution >= 0.6 is 0 Å². The quantitative estimate of drug-likeness (QED) is 0.458. The molecule has 1 fully saturated rings. The first-order valence-electron chi connectivity index (χ1n) is 8.76. The summed E-state index contributed by atoms with van der Waals surface area (Å²) < 4.78 is 1.84. The van der Waals surface area contributed by atoms with Crippen molar-refractivity contribution in [1.82, 2.24) is 25.3 Å². The molecule has 1 aliphatic heterocycles. The van der Waals surface area contributed by atoms with E-state index in [0.717, 1.165) is 51.3 Å². The molecule has 24 heavy (non-hydrogen) atoms. The molecular formula is C17H30N6O. The molecule has 7 nitrogen and oxygen atoms in total. The number of aliphatic imine (C=N–C) groups is 1. The van der Waals surface area contributed by atoms with Crippen molar-refractivity contribution in [2.45, 2.75) is 32.1 Å². The number of amides is 1. The van der Waals surface area contributed by atoms with Crippen molar-refractivity contribution >= 4 is 11.9 Å². The zero-order valence-electron chi connectivity index (χ0n) is 15.1. The smallest absolute Gasteiger partial charge is 0.220 e. The minimum Gasteiger partial charge on any atom is -0.359 e. The van der Waals surface area contributed by atoms with Gasteiger partial charge in [0.25, 0.3) is 0 Å². The average Bonchev–Trinajstić information content (AvgIpc) is 3.01. The van der Waals surface area contributed by atoms with Crippen LogP contribution in [-0.4, -0.2) is 60.3 Å². The van der Waals surface area contributed by atoms with E-state index < -0.39 is 0 Å². The van der Waals surface area contributed by atoms with Crippen LogP contribution in [-0.2, 0) is 18.3 Å². The summed E-state index contributed by atoms with van der Waals surface area (Å²) in [5.41, 5.74) is 1.27. The molecule has 0 radical (unpaired) electrons. The van der Waals surface area contributed by atoms with Crippen LogP contribution in [0.1, 0.15) is 31.2 Å². The fraction of sp³-hybridized carbons (Fsp3) is 0.706. The maximum Gasteiger partial charge on any atom is 0.220 e. The molecule has 0 atom stereocenters. The number of hydrogen-bond donors (Lipinski definition) is 2. The van der Waals surface area contributed by atoms with E-state index in [1.54, 1.807) is 7.05 Å². The lowest BCUT2D eigenvalue weighted by Gasteiger charge is -2.34. The number of nitrogens with one attached hydrogen (secondary N) is 2.